The van der Waals surface area contributed by atoms with Gasteiger partial charge < -0.3 is 0 Å². The number of hydrogen-bond acceptors (Lipinski definition) is 1. The SMILES string of the molecule is O=C1C=C(c2ccccc2)CC1=Cc1ccccc1. The summed E-state index contributed by atoms with van der Waals surface area (Å²) < 4.78 is 0. The van der Waals surface area contributed by atoms with Gasteiger partial charge in [-0.1, -0.05) is 60.7 Å². The maximum atomic E-state index is 12.0. The van der Waals surface area contributed by atoms with Gasteiger partial charge in [0.05, 0.1) is 0 Å². The summed E-state index contributed by atoms with van der Waals surface area (Å²) >= 11 is 0. The van der Waals surface area contributed by atoms with Crippen molar-refractivity contribution in [3.8, 4) is 0 Å². The number of carbonyl (C=O) groups is 1. The molecule has 92 valence electrons. The highest BCUT2D eigenvalue weighted by Crippen LogP contribution is 2.30. The van der Waals surface area contributed by atoms with Crippen molar-refractivity contribution in [1.82, 2.24) is 0 Å². The zero-order valence-electron chi connectivity index (χ0n) is 10.5. The van der Waals surface area contributed by atoms with E-state index in [1.54, 1.807) is 6.08 Å². The third kappa shape index (κ3) is 2.55. The lowest BCUT2D eigenvalue weighted by atomic mass is 10.0. The first-order valence-electron chi connectivity index (χ1n) is 6.39. The zero-order valence-corrected chi connectivity index (χ0v) is 10.5. The van der Waals surface area contributed by atoms with Crippen molar-refractivity contribution in [2.75, 3.05) is 0 Å². The molecule has 19 heavy (non-hydrogen) atoms. The molecule has 2 aromatic rings. The Balaban J connectivity index is 1.87. The molecule has 0 saturated carbocycles. The second-order valence-corrected chi connectivity index (χ2v) is 4.66. The van der Waals surface area contributed by atoms with E-state index >= 15 is 0 Å². The smallest absolute Gasteiger partial charge is 0.182 e. The fourth-order valence-corrected chi connectivity index (χ4v) is 2.30. The van der Waals surface area contributed by atoms with Gasteiger partial charge in [0.1, 0.15) is 0 Å². The van der Waals surface area contributed by atoms with Crippen LogP contribution < -0.4 is 0 Å². The van der Waals surface area contributed by atoms with E-state index in [0.717, 1.165) is 28.7 Å². The minimum Gasteiger partial charge on any atom is -0.290 e. The van der Waals surface area contributed by atoms with E-state index in [-0.39, 0.29) is 5.78 Å². The van der Waals surface area contributed by atoms with Gasteiger partial charge in [-0.3, -0.25) is 4.79 Å². The van der Waals surface area contributed by atoms with Gasteiger partial charge in [0.25, 0.3) is 0 Å². The molecule has 3 rings (SSSR count). The predicted molar refractivity (Wildman–Crippen MR) is 78.5 cm³/mol. The average molecular weight is 246 g/mol. The van der Waals surface area contributed by atoms with Crippen molar-refractivity contribution in [1.29, 1.82) is 0 Å². The molecule has 0 heterocycles. The largest absolute Gasteiger partial charge is 0.290 e. The van der Waals surface area contributed by atoms with Crippen LogP contribution in [0.5, 0.6) is 0 Å². The van der Waals surface area contributed by atoms with Crippen LogP contribution in [0.4, 0.5) is 0 Å². The number of hydrogen-bond donors (Lipinski definition) is 0. The molecule has 0 N–H and O–H groups in total. The average Bonchev–Trinajstić information content (AvgIpc) is 2.82. The van der Waals surface area contributed by atoms with Crippen LogP contribution in [0.1, 0.15) is 17.5 Å². The van der Waals surface area contributed by atoms with E-state index in [9.17, 15) is 4.79 Å². The molecule has 0 radical (unpaired) electrons. The van der Waals surface area contributed by atoms with Gasteiger partial charge >= 0.3 is 0 Å². The first-order valence-corrected chi connectivity index (χ1v) is 6.39. The summed E-state index contributed by atoms with van der Waals surface area (Å²) in [6.07, 6.45) is 4.45. The third-order valence-corrected chi connectivity index (χ3v) is 3.29. The summed E-state index contributed by atoms with van der Waals surface area (Å²) in [5, 5.41) is 0. The summed E-state index contributed by atoms with van der Waals surface area (Å²) in [4.78, 5) is 12.0. The number of ketones is 1. The molecular weight excluding hydrogens is 232 g/mol. The zero-order chi connectivity index (χ0) is 13.1. The van der Waals surface area contributed by atoms with Crippen molar-refractivity contribution in [3.05, 3.63) is 83.4 Å². The summed E-state index contributed by atoms with van der Waals surface area (Å²) in [6.45, 7) is 0. The molecule has 0 unspecified atom stereocenters. The van der Waals surface area contributed by atoms with Gasteiger partial charge in [-0.05, 0) is 28.9 Å². The standard InChI is InChI=1S/C18H14O/c19-18-13-16(15-9-5-2-6-10-15)12-17(18)11-14-7-3-1-4-8-14/h1-11,13H,12H2. The van der Waals surface area contributed by atoms with E-state index in [0.29, 0.717) is 0 Å². The Kier molecular flexibility index (Phi) is 3.11. The van der Waals surface area contributed by atoms with E-state index in [4.69, 9.17) is 0 Å². The van der Waals surface area contributed by atoms with E-state index in [1.807, 2.05) is 66.7 Å². The van der Waals surface area contributed by atoms with Gasteiger partial charge in [-0.2, -0.15) is 0 Å². The van der Waals surface area contributed by atoms with Crippen LogP contribution in [0, 0.1) is 0 Å². The second kappa shape index (κ2) is 5.07. The van der Waals surface area contributed by atoms with Crippen LogP contribution in [0.15, 0.2) is 72.3 Å². The maximum absolute atomic E-state index is 12.0. The minimum atomic E-state index is 0.128. The second-order valence-electron chi connectivity index (χ2n) is 4.66. The fraction of sp³-hybridized carbons (Fsp3) is 0.0556. The van der Waals surface area contributed by atoms with Gasteiger partial charge in [0.15, 0.2) is 5.78 Å². The Labute approximate surface area is 112 Å². The van der Waals surface area contributed by atoms with Crippen LogP contribution in [-0.2, 0) is 4.79 Å². The quantitative estimate of drug-likeness (QED) is 0.728. The molecule has 1 nitrogen and oxygen atoms in total. The number of rotatable bonds is 2. The predicted octanol–water partition coefficient (Wildman–Crippen LogP) is 4.13. The Hall–Kier alpha value is -2.41. The van der Waals surface area contributed by atoms with E-state index in [1.165, 1.54) is 0 Å². The molecule has 0 aliphatic heterocycles. The minimum absolute atomic E-state index is 0.128. The molecule has 1 heteroatoms. The van der Waals surface area contributed by atoms with E-state index < -0.39 is 0 Å². The van der Waals surface area contributed by atoms with Crippen molar-refractivity contribution in [2.45, 2.75) is 6.42 Å². The number of carbonyl (C=O) groups excluding carboxylic acids is 1. The van der Waals surface area contributed by atoms with Crippen molar-refractivity contribution in [2.24, 2.45) is 0 Å². The molecule has 0 amide bonds. The van der Waals surface area contributed by atoms with Crippen molar-refractivity contribution < 1.29 is 4.79 Å². The molecule has 0 saturated heterocycles. The lowest BCUT2D eigenvalue weighted by Crippen LogP contribution is -1.90. The third-order valence-electron chi connectivity index (χ3n) is 3.29. The normalized spacial score (nSPS) is 16.7. The van der Waals surface area contributed by atoms with Gasteiger partial charge in [-0.25, -0.2) is 0 Å². The molecule has 2 aromatic carbocycles. The molecule has 1 aliphatic carbocycles. The maximum Gasteiger partial charge on any atom is 0.182 e. The van der Waals surface area contributed by atoms with Crippen molar-refractivity contribution >= 4 is 17.4 Å². The van der Waals surface area contributed by atoms with Crippen LogP contribution >= 0.6 is 0 Å². The summed E-state index contributed by atoms with van der Waals surface area (Å²) in [5.41, 5.74) is 4.18. The lowest BCUT2D eigenvalue weighted by molar-refractivity contribution is -0.110. The van der Waals surface area contributed by atoms with Crippen molar-refractivity contribution in [3.63, 3.8) is 0 Å². The number of allylic oxidation sites excluding steroid dienone is 3. The molecule has 1 aliphatic rings. The van der Waals surface area contributed by atoms with Gasteiger partial charge in [-0.15, -0.1) is 0 Å². The molecule has 0 bridgehead atoms. The summed E-state index contributed by atoms with van der Waals surface area (Å²) in [5.74, 6) is 0.128. The summed E-state index contributed by atoms with van der Waals surface area (Å²) in [7, 11) is 0. The van der Waals surface area contributed by atoms with Crippen LogP contribution in [0.2, 0.25) is 0 Å². The Morgan fingerprint density at radius 3 is 2.16 bits per heavy atom. The lowest BCUT2D eigenvalue weighted by Gasteiger charge is -2.01. The van der Waals surface area contributed by atoms with Crippen LogP contribution in [0.3, 0.4) is 0 Å². The highest BCUT2D eigenvalue weighted by Gasteiger charge is 2.19. The number of benzene rings is 2. The first kappa shape index (κ1) is 11.7. The Morgan fingerprint density at radius 1 is 0.842 bits per heavy atom. The highest BCUT2D eigenvalue weighted by atomic mass is 16.1. The topological polar surface area (TPSA) is 17.1 Å². The molecular formula is C18H14O. The van der Waals surface area contributed by atoms with Crippen LogP contribution in [0.25, 0.3) is 11.6 Å². The summed E-state index contributed by atoms with van der Waals surface area (Å²) in [6, 6.07) is 20.1. The molecule has 0 atom stereocenters. The van der Waals surface area contributed by atoms with Gasteiger partial charge in [0.2, 0.25) is 0 Å². The Morgan fingerprint density at radius 2 is 1.47 bits per heavy atom. The monoisotopic (exact) mass is 246 g/mol. The first-order chi connectivity index (χ1) is 9.33. The molecule has 0 spiro atoms. The van der Waals surface area contributed by atoms with Crippen LogP contribution in [-0.4, -0.2) is 5.78 Å². The fourth-order valence-electron chi connectivity index (χ4n) is 2.30. The van der Waals surface area contributed by atoms with E-state index in [2.05, 4.69) is 0 Å². The van der Waals surface area contributed by atoms with Gasteiger partial charge in [0, 0.05) is 12.0 Å². The molecule has 0 aromatic heterocycles. The Bertz CT molecular complexity index is 649. The molecule has 0 fully saturated rings. The highest BCUT2D eigenvalue weighted by molar-refractivity contribution is 6.16.